The minimum absolute atomic E-state index is 0.106. The van der Waals surface area contributed by atoms with E-state index < -0.39 is 31.3 Å². The molecule has 1 aliphatic rings. The van der Waals surface area contributed by atoms with Gasteiger partial charge in [0.05, 0.1) is 27.1 Å². The van der Waals surface area contributed by atoms with Crippen molar-refractivity contribution < 1.29 is 18.1 Å². The molecule has 9 heteroatoms. The molecule has 1 aromatic heterocycles. The van der Waals surface area contributed by atoms with Gasteiger partial charge in [0.25, 0.3) is 6.43 Å². The van der Waals surface area contributed by atoms with Crippen LogP contribution in [0.3, 0.4) is 0 Å². The molecule has 1 saturated heterocycles. The summed E-state index contributed by atoms with van der Waals surface area (Å²) in [6, 6.07) is 3.35. The molecule has 0 unspecified atom stereocenters. The predicted molar refractivity (Wildman–Crippen MR) is 90.9 cm³/mol. The van der Waals surface area contributed by atoms with E-state index in [1.54, 1.807) is 12.1 Å². The molecule has 24 heavy (non-hydrogen) atoms. The number of fused-ring (bicyclic) bond motifs is 1. The largest absolute Gasteiger partial charge is 0.497 e. The lowest BCUT2D eigenvalue weighted by Gasteiger charge is -2.32. The lowest BCUT2D eigenvalue weighted by Crippen LogP contribution is -2.41. The highest BCUT2D eigenvalue weighted by molar-refractivity contribution is 6.65. The first-order valence-electron chi connectivity index (χ1n) is 7.61. The summed E-state index contributed by atoms with van der Waals surface area (Å²) < 4.78 is 39.1. The normalized spacial score (nSPS) is 19.6. The number of aromatic nitrogens is 2. The van der Waals surface area contributed by atoms with Gasteiger partial charge in [-0.3, -0.25) is 4.68 Å². The number of halogens is 3. The molecule has 1 aromatic carbocycles. The first-order chi connectivity index (χ1) is 11.0. The van der Waals surface area contributed by atoms with Gasteiger partial charge in [0.15, 0.2) is 5.82 Å². The molecule has 3 rings (SSSR count). The van der Waals surface area contributed by atoms with Crippen molar-refractivity contribution in [2.75, 3.05) is 5.73 Å². The number of nitrogens with zero attached hydrogens (tertiary/aromatic N) is 2. The van der Waals surface area contributed by atoms with Crippen molar-refractivity contribution in [1.82, 2.24) is 9.78 Å². The van der Waals surface area contributed by atoms with E-state index in [0.29, 0.717) is 21.4 Å². The fraction of sp³-hybridized carbons (Fsp3) is 0.533. The Balaban J connectivity index is 2.17. The molecule has 5 nitrogen and oxygen atoms in total. The van der Waals surface area contributed by atoms with E-state index in [-0.39, 0.29) is 5.82 Å². The molecule has 2 aromatic rings. The van der Waals surface area contributed by atoms with Crippen molar-refractivity contribution in [1.29, 1.82) is 0 Å². The molecule has 130 valence electrons. The van der Waals surface area contributed by atoms with Gasteiger partial charge in [0, 0.05) is 5.46 Å². The van der Waals surface area contributed by atoms with Crippen LogP contribution in [0.1, 0.15) is 27.7 Å². The molecule has 2 heterocycles. The van der Waals surface area contributed by atoms with Crippen LogP contribution in [0.25, 0.3) is 10.9 Å². The number of benzene rings is 1. The van der Waals surface area contributed by atoms with Gasteiger partial charge in [-0.05, 0) is 33.8 Å². The summed E-state index contributed by atoms with van der Waals surface area (Å²) in [5, 5.41) is 4.80. The molecule has 0 spiro atoms. The zero-order valence-electron chi connectivity index (χ0n) is 13.9. The van der Waals surface area contributed by atoms with Crippen LogP contribution < -0.4 is 11.2 Å². The van der Waals surface area contributed by atoms with Gasteiger partial charge < -0.3 is 15.0 Å². The fourth-order valence-electron chi connectivity index (χ4n) is 2.76. The van der Waals surface area contributed by atoms with Crippen molar-refractivity contribution in [3.05, 3.63) is 17.2 Å². The number of rotatable bonds is 3. The van der Waals surface area contributed by atoms with Crippen LogP contribution >= 0.6 is 11.6 Å². The third-order valence-corrected chi connectivity index (χ3v) is 5.03. The van der Waals surface area contributed by atoms with Gasteiger partial charge in [-0.25, -0.2) is 8.78 Å². The minimum atomic E-state index is -2.57. The summed E-state index contributed by atoms with van der Waals surface area (Å²) >= 11 is 6.20. The molecule has 0 saturated carbocycles. The quantitative estimate of drug-likeness (QED) is 0.858. The SMILES string of the molecule is CC1(C)OB(c2ccc(Cl)c3c(N)nn(CC(F)F)c23)OC1(C)C. The lowest BCUT2D eigenvalue weighted by molar-refractivity contribution is 0.00578. The third kappa shape index (κ3) is 2.66. The number of nitrogen functional groups attached to an aromatic ring is 1. The Morgan fingerprint density at radius 1 is 1.25 bits per heavy atom. The monoisotopic (exact) mass is 357 g/mol. The minimum Gasteiger partial charge on any atom is -0.399 e. The maximum atomic E-state index is 12.9. The fourth-order valence-corrected chi connectivity index (χ4v) is 3.01. The zero-order chi connectivity index (χ0) is 17.9. The Morgan fingerprint density at radius 2 is 1.83 bits per heavy atom. The van der Waals surface area contributed by atoms with Crippen molar-refractivity contribution >= 4 is 40.9 Å². The average molecular weight is 358 g/mol. The van der Waals surface area contributed by atoms with Crippen molar-refractivity contribution in [2.24, 2.45) is 0 Å². The van der Waals surface area contributed by atoms with Crippen LogP contribution in [-0.4, -0.2) is 34.5 Å². The molecule has 0 radical (unpaired) electrons. The van der Waals surface area contributed by atoms with Crippen LogP contribution in [-0.2, 0) is 15.9 Å². The highest BCUT2D eigenvalue weighted by Crippen LogP contribution is 2.38. The van der Waals surface area contributed by atoms with Gasteiger partial charge in [-0.2, -0.15) is 5.10 Å². The number of nitrogens with two attached hydrogens (primary N) is 1. The summed E-state index contributed by atoms with van der Waals surface area (Å²) in [7, 11) is -0.720. The van der Waals surface area contributed by atoms with Crippen LogP contribution in [0.5, 0.6) is 0 Å². The Morgan fingerprint density at radius 3 is 2.38 bits per heavy atom. The number of hydrogen-bond donors (Lipinski definition) is 1. The first-order valence-corrected chi connectivity index (χ1v) is 7.99. The maximum absolute atomic E-state index is 12.9. The topological polar surface area (TPSA) is 62.3 Å². The maximum Gasteiger partial charge on any atom is 0.497 e. The Labute approximate surface area is 144 Å². The summed E-state index contributed by atoms with van der Waals surface area (Å²) in [4.78, 5) is 0. The first kappa shape index (κ1) is 17.4. The van der Waals surface area contributed by atoms with Gasteiger partial charge in [-0.1, -0.05) is 17.7 Å². The van der Waals surface area contributed by atoms with Gasteiger partial charge in [-0.15, -0.1) is 0 Å². The second-order valence-corrected chi connectivity index (χ2v) is 7.31. The molecule has 1 aliphatic heterocycles. The van der Waals surface area contributed by atoms with E-state index in [4.69, 9.17) is 26.6 Å². The van der Waals surface area contributed by atoms with Gasteiger partial charge in [0.1, 0.15) is 6.54 Å². The summed E-state index contributed by atoms with van der Waals surface area (Å²) in [6.07, 6.45) is -2.57. The van der Waals surface area contributed by atoms with Crippen LogP contribution in [0.2, 0.25) is 5.02 Å². The Kier molecular flexibility index (Phi) is 4.05. The second-order valence-electron chi connectivity index (χ2n) is 6.91. The Bertz CT molecular complexity index is 779. The molecule has 0 aliphatic carbocycles. The van der Waals surface area contributed by atoms with E-state index in [2.05, 4.69) is 5.10 Å². The molecule has 0 bridgehead atoms. The molecular weight excluding hydrogens is 338 g/mol. The number of alkyl halides is 2. The Hall–Kier alpha value is -1.38. The average Bonchev–Trinajstić information content (AvgIpc) is 2.85. The standard InChI is InChI=1S/C15H19BClF2N3O2/c1-14(2)15(3,4)24-16(23-14)8-5-6-9(17)11-12(8)22(7-10(18)19)21-13(11)20/h5-6,10H,7H2,1-4H3,(H2,20,21). The second kappa shape index (κ2) is 5.57. The van der Waals surface area contributed by atoms with Gasteiger partial charge >= 0.3 is 7.12 Å². The molecule has 0 atom stereocenters. The van der Waals surface area contributed by atoms with E-state index >= 15 is 0 Å². The van der Waals surface area contributed by atoms with E-state index in [1.807, 2.05) is 27.7 Å². The van der Waals surface area contributed by atoms with Crippen molar-refractivity contribution in [3.8, 4) is 0 Å². The summed E-state index contributed by atoms with van der Waals surface area (Å²) in [5.74, 6) is 0.106. The zero-order valence-corrected chi connectivity index (χ0v) is 14.7. The van der Waals surface area contributed by atoms with E-state index in [9.17, 15) is 8.78 Å². The van der Waals surface area contributed by atoms with Crippen LogP contribution in [0.4, 0.5) is 14.6 Å². The van der Waals surface area contributed by atoms with Gasteiger partial charge in [0.2, 0.25) is 0 Å². The highest BCUT2D eigenvalue weighted by atomic mass is 35.5. The molecule has 2 N–H and O–H groups in total. The van der Waals surface area contributed by atoms with Crippen LogP contribution in [0.15, 0.2) is 12.1 Å². The lowest BCUT2D eigenvalue weighted by atomic mass is 9.77. The van der Waals surface area contributed by atoms with E-state index in [0.717, 1.165) is 0 Å². The van der Waals surface area contributed by atoms with Crippen LogP contribution in [0, 0.1) is 0 Å². The summed E-state index contributed by atoms with van der Waals surface area (Å²) in [5.41, 5.74) is 5.78. The van der Waals surface area contributed by atoms with E-state index in [1.165, 1.54) is 4.68 Å². The third-order valence-electron chi connectivity index (χ3n) is 4.72. The van der Waals surface area contributed by atoms with Crippen molar-refractivity contribution in [2.45, 2.75) is 51.9 Å². The number of anilines is 1. The summed E-state index contributed by atoms with van der Waals surface area (Å²) in [6.45, 7) is 7.10. The highest BCUT2D eigenvalue weighted by Gasteiger charge is 2.52. The molecule has 0 amide bonds. The molecule has 1 fully saturated rings. The predicted octanol–water partition coefficient (Wildman–Crippen LogP) is 2.84. The smallest absolute Gasteiger partial charge is 0.399 e. The molecular formula is C15H19BClF2N3O2. The van der Waals surface area contributed by atoms with Crippen molar-refractivity contribution in [3.63, 3.8) is 0 Å². The number of hydrogen-bond acceptors (Lipinski definition) is 4.